The number of halogens is 2. The number of fused-ring (bicyclic) bond motifs is 1. The molecule has 37 heavy (non-hydrogen) atoms. The lowest BCUT2D eigenvalue weighted by Gasteiger charge is -2.27. The molecule has 0 aliphatic carbocycles. The summed E-state index contributed by atoms with van der Waals surface area (Å²) in [6.45, 7) is 8.19. The van der Waals surface area contributed by atoms with E-state index < -0.39 is 27.6 Å². The first-order valence-electron chi connectivity index (χ1n) is 12.2. The molecule has 0 atom stereocenters. The van der Waals surface area contributed by atoms with Crippen LogP contribution in [0.3, 0.4) is 0 Å². The van der Waals surface area contributed by atoms with E-state index in [0.717, 1.165) is 37.0 Å². The minimum Gasteiger partial charge on any atom is -0.379 e. The quantitative estimate of drug-likeness (QED) is 0.379. The average molecular weight is 553 g/mol. The fourth-order valence-electron chi connectivity index (χ4n) is 4.26. The van der Waals surface area contributed by atoms with Crippen molar-refractivity contribution in [1.82, 2.24) is 14.2 Å². The summed E-state index contributed by atoms with van der Waals surface area (Å²) in [5, 5.41) is 0.256. The molecular weight excluding hydrogens is 522 g/mol. The Kier molecular flexibility index (Phi) is 8.86. The number of hydrogen-bond acceptors (Lipinski definition) is 7. The Balaban J connectivity index is 1.61. The molecule has 1 amide bonds. The summed E-state index contributed by atoms with van der Waals surface area (Å²) in [5.41, 5.74) is 0.281. The Morgan fingerprint density at radius 2 is 1.78 bits per heavy atom. The number of nitrogens with zero attached hydrogens (tertiary/aromatic N) is 4. The molecule has 0 bridgehead atoms. The van der Waals surface area contributed by atoms with Gasteiger partial charge in [0, 0.05) is 50.9 Å². The van der Waals surface area contributed by atoms with E-state index in [1.807, 2.05) is 0 Å². The molecule has 1 aliphatic heterocycles. The monoisotopic (exact) mass is 552 g/mol. The van der Waals surface area contributed by atoms with Gasteiger partial charge in [-0.05, 0) is 36.8 Å². The zero-order valence-electron chi connectivity index (χ0n) is 20.8. The van der Waals surface area contributed by atoms with Crippen LogP contribution in [-0.4, -0.2) is 81.0 Å². The first-order valence-corrected chi connectivity index (χ1v) is 14.5. The van der Waals surface area contributed by atoms with Crippen molar-refractivity contribution in [3.05, 3.63) is 53.6 Å². The Labute approximate surface area is 219 Å². The van der Waals surface area contributed by atoms with E-state index in [4.69, 9.17) is 4.74 Å². The van der Waals surface area contributed by atoms with Crippen molar-refractivity contribution < 1.29 is 26.7 Å². The van der Waals surface area contributed by atoms with Crippen LogP contribution in [0.15, 0.2) is 41.3 Å². The molecule has 4 rings (SSSR count). The standard InChI is InChI=1S/C25H30F2N4O4S2/c1-3-30(4-2)37(33,34)20-8-6-18(7-9-20)24(32)31(11-5-10-29-12-14-35-15-13-29)25-28-23-21(27)16-19(26)17-22(23)36-25/h6-9,16-17H,3-5,10-15H2,1-2H3. The molecule has 0 saturated carbocycles. The first kappa shape index (κ1) is 27.5. The Hall–Kier alpha value is -2.51. The largest absolute Gasteiger partial charge is 0.379 e. The van der Waals surface area contributed by atoms with Crippen molar-refractivity contribution in [2.24, 2.45) is 0 Å². The summed E-state index contributed by atoms with van der Waals surface area (Å²) in [4.78, 5) is 21.7. The van der Waals surface area contributed by atoms with Crippen LogP contribution in [0.25, 0.3) is 10.2 Å². The van der Waals surface area contributed by atoms with Gasteiger partial charge >= 0.3 is 0 Å². The third-order valence-electron chi connectivity index (χ3n) is 6.28. The third-order valence-corrected chi connectivity index (χ3v) is 9.37. The van der Waals surface area contributed by atoms with Crippen LogP contribution in [0.5, 0.6) is 0 Å². The van der Waals surface area contributed by atoms with Gasteiger partial charge in [-0.3, -0.25) is 14.6 Å². The fourth-order valence-corrected chi connectivity index (χ4v) is 6.75. The molecule has 1 fully saturated rings. The number of hydrogen-bond donors (Lipinski definition) is 0. The molecule has 12 heteroatoms. The molecule has 8 nitrogen and oxygen atoms in total. The second-order valence-corrected chi connectivity index (χ2v) is 11.6. The fraction of sp³-hybridized carbons (Fsp3) is 0.440. The number of carbonyl (C=O) groups is 1. The maximum atomic E-state index is 14.3. The van der Waals surface area contributed by atoms with Gasteiger partial charge in [-0.15, -0.1) is 0 Å². The number of carbonyl (C=O) groups excluding carboxylic acids is 1. The van der Waals surface area contributed by atoms with Gasteiger partial charge in [0.25, 0.3) is 5.91 Å². The Bertz CT molecular complexity index is 1340. The van der Waals surface area contributed by atoms with Gasteiger partial charge in [0.15, 0.2) is 10.9 Å². The summed E-state index contributed by atoms with van der Waals surface area (Å²) in [7, 11) is -3.66. The van der Waals surface area contributed by atoms with Crippen molar-refractivity contribution in [1.29, 1.82) is 0 Å². The number of amides is 1. The van der Waals surface area contributed by atoms with Crippen LogP contribution in [-0.2, 0) is 14.8 Å². The summed E-state index contributed by atoms with van der Waals surface area (Å²) in [5.74, 6) is -1.90. The molecular formula is C25H30F2N4O4S2. The van der Waals surface area contributed by atoms with E-state index in [-0.39, 0.29) is 21.1 Å². The van der Waals surface area contributed by atoms with Crippen LogP contribution < -0.4 is 4.90 Å². The van der Waals surface area contributed by atoms with Gasteiger partial charge in [0.1, 0.15) is 11.3 Å². The molecule has 2 heterocycles. The van der Waals surface area contributed by atoms with E-state index in [1.54, 1.807) is 13.8 Å². The maximum Gasteiger partial charge on any atom is 0.260 e. The van der Waals surface area contributed by atoms with Crippen molar-refractivity contribution in [2.75, 3.05) is 57.4 Å². The summed E-state index contributed by atoms with van der Waals surface area (Å²) < 4.78 is 60.8. The normalized spacial score (nSPS) is 14.9. The Morgan fingerprint density at radius 3 is 2.43 bits per heavy atom. The van der Waals surface area contributed by atoms with Gasteiger partial charge in [-0.1, -0.05) is 25.2 Å². The predicted molar refractivity (Wildman–Crippen MR) is 140 cm³/mol. The number of rotatable bonds is 10. The summed E-state index contributed by atoms with van der Waals surface area (Å²) >= 11 is 1.04. The van der Waals surface area contributed by atoms with E-state index in [1.165, 1.54) is 39.5 Å². The van der Waals surface area contributed by atoms with E-state index in [2.05, 4.69) is 9.88 Å². The smallest absolute Gasteiger partial charge is 0.260 e. The van der Waals surface area contributed by atoms with Gasteiger partial charge < -0.3 is 4.74 Å². The minimum absolute atomic E-state index is 0.00745. The van der Waals surface area contributed by atoms with Crippen LogP contribution in [0.2, 0.25) is 0 Å². The van der Waals surface area contributed by atoms with Crippen molar-refractivity contribution in [3.8, 4) is 0 Å². The average Bonchev–Trinajstić information content (AvgIpc) is 3.31. The number of morpholine rings is 1. The first-order chi connectivity index (χ1) is 17.7. The second kappa shape index (κ2) is 11.9. The van der Waals surface area contributed by atoms with Gasteiger partial charge in [-0.25, -0.2) is 22.2 Å². The molecule has 0 N–H and O–H groups in total. The lowest BCUT2D eigenvalue weighted by Crippen LogP contribution is -2.39. The predicted octanol–water partition coefficient (Wildman–Crippen LogP) is 3.97. The molecule has 0 spiro atoms. The van der Waals surface area contributed by atoms with Gasteiger partial charge in [0.2, 0.25) is 10.0 Å². The molecule has 200 valence electrons. The molecule has 0 unspecified atom stereocenters. The Morgan fingerprint density at radius 1 is 1.11 bits per heavy atom. The lowest BCUT2D eigenvalue weighted by atomic mass is 10.2. The molecule has 3 aromatic rings. The van der Waals surface area contributed by atoms with Crippen LogP contribution in [0.1, 0.15) is 30.6 Å². The minimum atomic E-state index is -3.66. The van der Waals surface area contributed by atoms with Crippen LogP contribution in [0, 0.1) is 11.6 Å². The number of benzene rings is 2. The molecule has 0 radical (unpaired) electrons. The SMILES string of the molecule is CCN(CC)S(=O)(=O)c1ccc(C(=O)N(CCCN2CCOCC2)c2nc3c(F)cc(F)cc3s2)cc1. The highest BCUT2D eigenvalue weighted by molar-refractivity contribution is 7.89. The molecule has 1 aliphatic rings. The summed E-state index contributed by atoms with van der Waals surface area (Å²) in [6, 6.07) is 7.75. The lowest BCUT2D eigenvalue weighted by molar-refractivity contribution is 0.0376. The number of thiazole rings is 1. The van der Waals surface area contributed by atoms with E-state index >= 15 is 0 Å². The van der Waals surface area contributed by atoms with Gasteiger partial charge in [-0.2, -0.15) is 4.31 Å². The molecule has 2 aromatic carbocycles. The van der Waals surface area contributed by atoms with E-state index in [0.29, 0.717) is 44.0 Å². The highest BCUT2D eigenvalue weighted by Crippen LogP contribution is 2.32. The van der Waals surface area contributed by atoms with Crippen molar-refractivity contribution in [2.45, 2.75) is 25.2 Å². The number of aromatic nitrogens is 1. The third kappa shape index (κ3) is 6.15. The van der Waals surface area contributed by atoms with Gasteiger partial charge in [0.05, 0.1) is 22.8 Å². The molecule has 1 saturated heterocycles. The topological polar surface area (TPSA) is 83.1 Å². The summed E-state index contributed by atoms with van der Waals surface area (Å²) in [6.07, 6.45) is 0.632. The zero-order chi connectivity index (χ0) is 26.6. The number of sulfonamides is 1. The van der Waals surface area contributed by atoms with Crippen molar-refractivity contribution >= 4 is 42.6 Å². The van der Waals surface area contributed by atoms with Crippen LogP contribution in [0.4, 0.5) is 13.9 Å². The highest BCUT2D eigenvalue weighted by atomic mass is 32.2. The van der Waals surface area contributed by atoms with E-state index in [9.17, 15) is 22.0 Å². The maximum absolute atomic E-state index is 14.3. The number of anilines is 1. The second-order valence-electron chi connectivity index (χ2n) is 8.61. The molecule has 1 aromatic heterocycles. The van der Waals surface area contributed by atoms with Crippen LogP contribution >= 0.6 is 11.3 Å². The zero-order valence-corrected chi connectivity index (χ0v) is 22.5. The highest BCUT2D eigenvalue weighted by Gasteiger charge is 2.25. The number of ether oxygens (including phenoxy) is 1. The van der Waals surface area contributed by atoms with Crippen molar-refractivity contribution in [3.63, 3.8) is 0 Å².